The first kappa shape index (κ1) is 13.2. The number of nitrogen functional groups attached to an aromatic ring is 1. The molecule has 0 saturated heterocycles. The van der Waals surface area contributed by atoms with Crippen molar-refractivity contribution < 1.29 is 9.13 Å². The van der Waals surface area contributed by atoms with Crippen LogP contribution in [0.5, 0.6) is 5.75 Å². The monoisotopic (exact) mass is 262 g/mol. The largest absolute Gasteiger partial charge is 0.494 e. The van der Waals surface area contributed by atoms with E-state index in [1.807, 2.05) is 6.92 Å². The van der Waals surface area contributed by atoms with Gasteiger partial charge in [0.15, 0.2) is 17.4 Å². The molecule has 0 bridgehead atoms. The maximum Gasteiger partial charge on any atom is 0.165 e. The predicted octanol–water partition coefficient (Wildman–Crippen LogP) is 2.14. The fraction of sp³-hybridized carbons (Fsp3) is 0.231. The lowest BCUT2D eigenvalue weighted by atomic mass is 10.2. The van der Waals surface area contributed by atoms with Crippen LogP contribution in [0.25, 0.3) is 11.4 Å². The number of anilines is 1. The molecule has 19 heavy (non-hydrogen) atoms. The molecular formula is C13H15FN4O. The minimum Gasteiger partial charge on any atom is -0.494 e. The molecule has 0 aliphatic heterocycles. The Kier molecular flexibility index (Phi) is 3.91. The molecule has 0 atom stereocenters. The minimum atomic E-state index is -0.421. The molecule has 1 aromatic heterocycles. The van der Waals surface area contributed by atoms with Crippen LogP contribution in [0.15, 0.2) is 24.3 Å². The van der Waals surface area contributed by atoms with Gasteiger partial charge in [-0.25, -0.2) is 20.2 Å². The fourth-order valence-corrected chi connectivity index (χ4v) is 1.68. The van der Waals surface area contributed by atoms with Gasteiger partial charge in [-0.1, -0.05) is 6.92 Å². The molecule has 2 rings (SSSR count). The van der Waals surface area contributed by atoms with E-state index in [1.54, 1.807) is 18.2 Å². The van der Waals surface area contributed by atoms with Gasteiger partial charge in [0.1, 0.15) is 5.82 Å². The van der Waals surface area contributed by atoms with E-state index in [0.717, 1.165) is 12.1 Å². The maximum atomic E-state index is 13.4. The summed E-state index contributed by atoms with van der Waals surface area (Å²) in [5, 5.41) is 0. The number of ether oxygens (including phenoxy) is 1. The molecule has 2 aromatic rings. The maximum absolute atomic E-state index is 13.4. The number of halogens is 1. The summed E-state index contributed by atoms with van der Waals surface area (Å²) in [4.78, 5) is 8.64. The van der Waals surface area contributed by atoms with Gasteiger partial charge >= 0.3 is 0 Å². The van der Waals surface area contributed by atoms with Gasteiger partial charge in [-0.05, 0) is 24.6 Å². The van der Waals surface area contributed by atoms with Crippen molar-refractivity contribution in [1.82, 2.24) is 9.97 Å². The van der Waals surface area contributed by atoms with Crippen molar-refractivity contribution in [2.45, 2.75) is 13.3 Å². The second-order valence-electron chi connectivity index (χ2n) is 3.92. The highest BCUT2D eigenvalue weighted by Gasteiger charge is 2.09. The zero-order valence-electron chi connectivity index (χ0n) is 10.8. The number of hydrazine groups is 1. The van der Waals surface area contributed by atoms with E-state index in [1.165, 1.54) is 13.2 Å². The molecule has 0 spiro atoms. The van der Waals surface area contributed by atoms with Crippen molar-refractivity contribution in [3.8, 4) is 17.1 Å². The second-order valence-corrected chi connectivity index (χ2v) is 3.92. The Morgan fingerprint density at radius 2 is 2.11 bits per heavy atom. The molecule has 1 aromatic carbocycles. The third-order valence-corrected chi connectivity index (χ3v) is 2.70. The second kappa shape index (κ2) is 5.62. The Labute approximate surface area is 110 Å². The molecule has 5 nitrogen and oxygen atoms in total. The van der Waals surface area contributed by atoms with Crippen molar-refractivity contribution >= 4 is 5.82 Å². The Bertz CT molecular complexity index is 567. The molecule has 0 aliphatic rings. The van der Waals surface area contributed by atoms with Crippen LogP contribution < -0.4 is 16.0 Å². The van der Waals surface area contributed by atoms with Gasteiger partial charge in [-0.3, -0.25) is 0 Å². The number of benzene rings is 1. The Balaban J connectivity index is 2.51. The van der Waals surface area contributed by atoms with E-state index in [-0.39, 0.29) is 5.75 Å². The van der Waals surface area contributed by atoms with E-state index in [4.69, 9.17) is 10.6 Å². The number of aromatic nitrogens is 2. The smallest absolute Gasteiger partial charge is 0.165 e. The van der Waals surface area contributed by atoms with E-state index in [9.17, 15) is 4.39 Å². The average molecular weight is 262 g/mol. The summed E-state index contributed by atoms with van der Waals surface area (Å²) in [6.07, 6.45) is 0.753. The first-order chi connectivity index (χ1) is 9.17. The van der Waals surface area contributed by atoms with Gasteiger partial charge in [0, 0.05) is 17.3 Å². The van der Waals surface area contributed by atoms with Gasteiger partial charge in [-0.2, -0.15) is 0 Å². The molecule has 6 heteroatoms. The van der Waals surface area contributed by atoms with Crippen LogP contribution in [0.4, 0.5) is 10.2 Å². The molecule has 3 N–H and O–H groups in total. The number of nitrogens with two attached hydrogens (primary N) is 1. The van der Waals surface area contributed by atoms with Gasteiger partial charge < -0.3 is 10.2 Å². The summed E-state index contributed by atoms with van der Waals surface area (Å²) in [6.45, 7) is 1.98. The molecule has 0 radical (unpaired) electrons. The topological polar surface area (TPSA) is 73.1 Å². The van der Waals surface area contributed by atoms with E-state index in [2.05, 4.69) is 15.4 Å². The summed E-state index contributed by atoms with van der Waals surface area (Å²) in [7, 11) is 1.42. The lowest BCUT2D eigenvalue weighted by Gasteiger charge is -2.08. The highest BCUT2D eigenvalue weighted by Crippen LogP contribution is 2.25. The lowest BCUT2D eigenvalue weighted by molar-refractivity contribution is 0.387. The number of hydrogen-bond acceptors (Lipinski definition) is 5. The Morgan fingerprint density at radius 1 is 1.32 bits per heavy atom. The molecule has 0 amide bonds. The molecule has 0 saturated carbocycles. The normalized spacial score (nSPS) is 10.3. The van der Waals surface area contributed by atoms with Crippen molar-refractivity contribution in [2.75, 3.05) is 12.5 Å². The average Bonchev–Trinajstić information content (AvgIpc) is 2.47. The highest BCUT2D eigenvalue weighted by molar-refractivity contribution is 5.60. The number of methoxy groups -OCH3 is 1. The summed E-state index contributed by atoms with van der Waals surface area (Å²) in [6, 6.07) is 6.26. The summed E-state index contributed by atoms with van der Waals surface area (Å²) in [5.74, 6) is 6.11. The summed E-state index contributed by atoms with van der Waals surface area (Å²) >= 11 is 0. The number of hydrogen-bond donors (Lipinski definition) is 2. The van der Waals surface area contributed by atoms with Crippen LogP contribution >= 0.6 is 0 Å². The Hall–Kier alpha value is -2.21. The van der Waals surface area contributed by atoms with Crippen LogP contribution in [-0.2, 0) is 6.42 Å². The van der Waals surface area contributed by atoms with Crippen LogP contribution in [0.3, 0.4) is 0 Å². The standard InChI is InChI=1S/C13H15FN4O/c1-3-9-7-12(18-15)17-13(16-9)8-4-5-10(14)11(6-8)19-2/h4-7H,3,15H2,1-2H3,(H,16,17,18). The minimum absolute atomic E-state index is 0.158. The SMILES string of the molecule is CCc1cc(NN)nc(-c2ccc(F)c(OC)c2)n1. The van der Waals surface area contributed by atoms with Crippen LogP contribution in [0.2, 0.25) is 0 Å². The first-order valence-electron chi connectivity index (χ1n) is 5.86. The fourth-order valence-electron chi connectivity index (χ4n) is 1.68. The third-order valence-electron chi connectivity index (χ3n) is 2.70. The third kappa shape index (κ3) is 2.79. The van der Waals surface area contributed by atoms with Gasteiger partial charge in [0.25, 0.3) is 0 Å². The zero-order chi connectivity index (χ0) is 13.8. The van der Waals surface area contributed by atoms with E-state index >= 15 is 0 Å². The lowest BCUT2D eigenvalue weighted by Crippen LogP contribution is -2.10. The van der Waals surface area contributed by atoms with Gasteiger partial charge in [0.05, 0.1) is 7.11 Å². The molecule has 1 heterocycles. The highest BCUT2D eigenvalue weighted by atomic mass is 19.1. The first-order valence-corrected chi connectivity index (χ1v) is 5.86. The quantitative estimate of drug-likeness (QED) is 0.652. The summed E-state index contributed by atoms with van der Waals surface area (Å²) < 4.78 is 18.3. The molecule has 100 valence electrons. The van der Waals surface area contributed by atoms with E-state index < -0.39 is 5.82 Å². The van der Waals surface area contributed by atoms with Crippen LogP contribution in [-0.4, -0.2) is 17.1 Å². The molecule has 0 aliphatic carbocycles. The van der Waals surface area contributed by atoms with Crippen molar-refractivity contribution in [2.24, 2.45) is 5.84 Å². The van der Waals surface area contributed by atoms with Crippen LogP contribution in [0, 0.1) is 5.82 Å². The molecule has 0 fully saturated rings. The number of nitrogens with one attached hydrogen (secondary N) is 1. The van der Waals surface area contributed by atoms with Gasteiger partial charge in [0.2, 0.25) is 0 Å². The molecule has 0 unspecified atom stereocenters. The number of nitrogens with zero attached hydrogens (tertiary/aromatic N) is 2. The number of aryl methyl sites for hydroxylation is 1. The van der Waals surface area contributed by atoms with Gasteiger partial charge in [-0.15, -0.1) is 0 Å². The Morgan fingerprint density at radius 3 is 2.74 bits per heavy atom. The van der Waals surface area contributed by atoms with Crippen LogP contribution in [0.1, 0.15) is 12.6 Å². The van der Waals surface area contributed by atoms with E-state index in [0.29, 0.717) is 17.2 Å². The van der Waals surface area contributed by atoms with Crippen molar-refractivity contribution in [3.63, 3.8) is 0 Å². The zero-order valence-corrected chi connectivity index (χ0v) is 10.8. The predicted molar refractivity (Wildman–Crippen MR) is 71.2 cm³/mol. The van der Waals surface area contributed by atoms with Crippen molar-refractivity contribution in [3.05, 3.63) is 35.8 Å². The van der Waals surface area contributed by atoms with Crippen molar-refractivity contribution in [1.29, 1.82) is 0 Å². The molecular weight excluding hydrogens is 247 g/mol. The number of rotatable bonds is 4. The summed E-state index contributed by atoms with van der Waals surface area (Å²) in [5.41, 5.74) is 4.02.